The largest absolute Gasteiger partial charge is 0.462 e. The minimum absolute atomic E-state index is 0.110. The van der Waals surface area contributed by atoms with E-state index in [9.17, 15) is 19.2 Å². The number of rotatable bonds is 7. The molecular weight excluding hydrogens is 412 g/mol. The number of para-hydroxylation sites is 1. The molecule has 0 aliphatic heterocycles. The predicted octanol–water partition coefficient (Wildman–Crippen LogP) is 1.69. The molecule has 1 aromatic carbocycles. The van der Waals surface area contributed by atoms with Gasteiger partial charge in [-0.2, -0.15) is 0 Å². The number of amides is 2. The van der Waals surface area contributed by atoms with E-state index in [4.69, 9.17) is 4.74 Å². The molecule has 0 unspecified atom stereocenters. The Labute approximate surface area is 174 Å². The number of hydrogen-bond acceptors (Lipinski definition) is 7. The van der Waals surface area contributed by atoms with Crippen LogP contribution in [0.1, 0.15) is 32.5 Å². The van der Waals surface area contributed by atoms with Crippen LogP contribution in [0.3, 0.4) is 0 Å². The molecule has 0 spiro atoms. The summed E-state index contributed by atoms with van der Waals surface area (Å²) in [7, 11) is 0. The number of H-pyrrole nitrogens is 1. The van der Waals surface area contributed by atoms with E-state index < -0.39 is 23.4 Å². The van der Waals surface area contributed by atoms with Crippen LogP contribution in [0.4, 0.5) is 10.7 Å². The summed E-state index contributed by atoms with van der Waals surface area (Å²) in [5, 5.41) is 7.80. The lowest BCUT2D eigenvalue weighted by molar-refractivity contribution is -0.750. The number of nitrogens with one attached hydrogen (secondary N) is 3. The first-order valence-electron chi connectivity index (χ1n) is 8.93. The first-order chi connectivity index (χ1) is 14.4. The highest BCUT2D eigenvalue weighted by Gasteiger charge is 2.27. The Kier molecular flexibility index (Phi) is 6.42. The molecule has 3 rings (SSSR count). The van der Waals surface area contributed by atoms with Crippen molar-refractivity contribution >= 4 is 39.8 Å². The number of carbonyl (C=O) groups excluding carboxylic acids is 3. The van der Waals surface area contributed by atoms with E-state index in [-0.39, 0.29) is 28.6 Å². The van der Waals surface area contributed by atoms with Crippen LogP contribution in [0.5, 0.6) is 0 Å². The summed E-state index contributed by atoms with van der Waals surface area (Å²) in [6.07, 6.45) is 1.07. The zero-order chi connectivity index (χ0) is 21.7. The third kappa shape index (κ3) is 4.81. The first-order valence-corrected chi connectivity index (χ1v) is 9.75. The Balaban J connectivity index is 1.87. The second kappa shape index (κ2) is 9.18. The monoisotopic (exact) mass is 431 g/mol. The summed E-state index contributed by atoms with van der Waals surface area (Å²) in [6, 6.07) is 8.86. The fourth-order valence-electron chi connectivity index (χ4n) is 2.66. The van der Waals surface area contributed by atoms with Crippen LogP contribution in [0.15, 0.2) is 45.8 Å². The van der Waals surface area contributed by atoms with Gasteiger partial charge in [-0.3, -0.25) is 14.1 Å². The fraction of sp³-hybridized carbons (Fsp3) is 0.211. The number of ether oxygens (including phenoxy) is 1. The maximum absolute atomic E-state index is 12.7. The maximum atomic E-state index is 12.7. The first kappa shape index (κ1) is 21.0. The van der Waals surface area contributed by atoms with Crippen LogP contribution >= 0.6 is 11.3 Å². The lowest BCUT2D eigenvalue weighted by atomic mass is 10.1. The molecule has 0 aliphatic rings. The molecule has 2 aromatic heterocycles. The van der Waals surface area contributed by atoms with E-state index in [0.717, 1.165) is 22.2 Å². The van der Waals surface area contributed by atoms with Crippen LogP contribution < -0.4 is 20.9 Å². The van der Waals surface area contributed by atoms with Crippen LogP contribution in [-0.4, -0.2) is 29.7 Å². The van der Waals surface area contributed by atoms with Crippen molar-refractivity contribution in [3.05, 3.63) is 63.0 Å². The molecule has 30 heavy (non-hydrogen) atoms. The zero-order valence-electron chi connectivity index (χ0n) is 16.2. The molecular formula is C19H19N4O6S+. The summed E-state index contributed by atoms with van der Waals surface area (Å²) >= 11 is 0.962. The molecule has 11 heteroatoms. The number of anilines is 2. The van der Waals surface area contributed by atoms with Gasteiger partial charge < -0.3 is 15.4 Å². The van der Waals surface area contributed by atoms with Crippen LogP contribution in [-0.2, 0) is 16.1 Å². The fourth-order valence-corrected chi connectivity index (χ4v) is 3.77. The van der Waals surface area contributed by atoms with Crippen molar-refractivity contribution in [2.24, 2.45) is 0 Å². The summed E-state index contributed by atoms with van der Waals surface area (Å²) in [4.78, 5) is 48.9. The number of benzene rings is 1. The number of aromatic amines is 1. The Morgan fingerprint density at radius 3 is 2.57 bits per heavy atom. The number of nitrogens with zero attached hydrogens (tertiary/aromatic N) is 1. The molecule has 2 heterocycles. The van der Waals surface area contributed by atoms with Gasteiger partial charge in [0.1, 0.15) is 5.00 Å². The smallest absolute Gasteiger partial charge is 0.426 e. The number of carbonyl (C=O) groups is 3. The molecule has 156 valence electrons. The molecule has 0 fully saturated rings. The van der Waals surface area contributed by atoms with E-state index in [0.29, 0.717) is 11.3 Å². The van der Waals surface area contributed by atoms with Gasteiger partial charge in [0.25, 0.3) is 24.6 Å². The SMILES string of the molecule is CCOC(=O)c1c(NC(=O)C[n+]2cc(=O)o[nH]2)sc(C(=O)Nc2ccccc2)c1C. The normalized spacial score (nSPS) is 10.5. The van der Waals surface area contributed by atoms with Crippen LogP contribution in [0, 0.1) is 6.92 Å². The third-order valence-corrected chi connectivity index (χ3v) is 5.16. The van der Waals surface area contributed by atoms with Crippen molar-refractivity contribution in [1.29, 1.82) is 0 Å². The van der Waals surface area contributed by atoms with Gasteiger partial charge in [0.15, 0.2) is 0 Å². The summed E-state index contributed by atoms with van der Waals surface area (Å²) in [5.41, 5.74) is 0.464. The van der Waals surface area contributed by atoms with Crippen molar-refractivity contribution < 1.29 is 28.3 Å². The van der Waals surface area contributed by atoms with Crippen molar-refractivity contribution in [2.45, 2.75) is 20.4 Å². The molecule has 0 radical (unpaired) electrons. The molecule has 0 aliphatic carbocycles. The van der Waals surface area contributed by atoms with Gasteiger partial charge >= 0.3 is 11.6 Å². The van der Waals surface area contributed by atoms with Gasteiger partial charge in [0.05, 0.1) is 17.0 Å². The Bertz CT molecular complexity index is 1130. The van der Waals surface area contributed by atoms with Crippen molar-refractivity contribution in [2.75, 3.05) is 17.2 Å². The topological polar surface area (TPSA) is 134 Å². The summed E-state index contributed by atoms with van der Waals surface area (Å²) in [6.45, 7) is 3.16. The molecule has 3 N–H and O–H groups in total. The van der Waals surface area contributed by atoms with Gasteiger partial charge in [-0.25, -0.2) is 9.59 Å². The average Bonchev–Trinajstić information content (AvgIpc) is 3.25. The van der Waals surface area contributed by atoms with Gasteiger partial charge in [-0.05, 0) is 36.8 Å². The van der Waals surface area contributed by atoms with Gasteiger partial charge in [-0.15, -0.1) is 11.3 Å². The van der Waals surface area contributed by atoms with E-state index >= 15 is 0 Å². The van der Waals surface area contributed by atoms with Gasteiger partial charge in [-0.1, -0.05) is 22.9 Å². The minimum Gasteiger partial charge on any atom is -0.462 e. The lowest BCUT2D eigenvalue weighted by Gasteiger charge is -2.06. The summed E-state index contributed by atoms with van der Waals surface area (Å²) < 4.78 is 10.7. The highest BCUT2D eigenvalue weighted by atomic mass is 32.1. The molecule has 0 bridgehead atoms. The predicted molar refractivity (Wildman–Crippen MR) is 108 cm³/mol. The number of esters is 1. The molecule has 10 nitrogen and oxygen atoms in total. The van der Waals surface area contributed by atoms with Crippen molar-refractivity contribution in [3.63, 3.8) is 0 Å². The lowest BCUT2D eigenvalue weighted by Crippen LogP contribution is -2.41. The highest BCUT2D eigenvalue weighted by molar-refractivity contribution is 7.18. The van der Waals surface area contributed by atoms with E-state index in [2.05, 4.69) is 20.4 Å². The van der Waals surface area contributed by atoms with Crippen molar-refractivity contribution in [1.82, 2.24) is 5.27 Å². The number of thiophene rings is 1. The second-order valence-electron chi connectivity index (χ2n) is 6.12. The number of aromatic nitrogens is 2. The molecule has 2 amide bonds. The molecule has 3 aromatic rings. The Hall–Kier alpha value is -3.73. The quantitative estimate of drug-likeness (QED) is 0.385. The molecule has 0 saturated heterocycles. The van der Waals surface area contributed by atoms with Crippen LogP contribution in [0.25, 0.3) is 0 Å². The highest BCUT2D eigenvalue weighted by Crippen LogP contribution is 2.34. The van der Waals surface area contributed by atoms with E-state index in [1.165, 1.54) is 0 Å². The average molecular weight is 431 g/mol. The number of hydrogen-bond donors (Lipinski definition) is 3. The maximum Gasteiger partial charge on any atom is 0.426 e. The van der Waals surface area contributed by atoms with E-state index in [1.54, 1.807) is 38.1 Å². The van der Waals surface area contributed by atoms with E-state index in [1.807, 2.05) is 6.07 Å². The van der Waals surface area contributed by atoms with Crippen LogP contribution in [0.2, 0.25) is 0 Å². The summed E-state index contributed by atoms with van der Waals surface area (Å²) in [5.74, 6) is -1.59. The third-order valence-electron chi connectivity index (χ3n) is 3.96. The second-order valence-corrected chi connectivity index (χ2v) is 7.14. The minimum atomic E-state index is -0.648. The Morgan fingerprint density at radius 2 is 1.93 bits per heavy atom. The Morgan fingerprint density at radius 1 is 1.20 bits per heavy atom. The molecule has 0 saturated carbocycles. The van der Waals surface area contributed by atoms with Gasteiger partial charge in [0, 0.05) is 5.69 Å². The zero-order valence-corrected chi connectivity index (χ0v) is 17.0. The van der Waals surface area contributed by atoms with Crippen molar-refractivity contribution in [3.8, 4) is 0 Å². The molecule has 0 atom stereocenters. The van der Waals surface area contributed by atoms with Gasteiger partial charge in [0.2, 0.25) is 0 Å². The standard InChI is InChI=1S/C19H18N4O6S/c1-3-28-19(27)15-11(2)16(17(26)20-12-7-5-4-6-8-12)30-18(15)21-13(24)9-23-10-14(25)29-22-23/h4-8,10H,3,9H2,1-2H3,(H2-,20,21,22,24,25,26,27)/p+1.